The summed E-state index contributed by atoms with van der Waals surface area (Å²) in [5, 5.41) is 8.29. The second kappa shape index (κ2) is 6.19. The number of benzene rings is 1. The molecule has 0 radical (unpaired) electrons. The van der Waals surface area contributed by atoms with Gasteiger partial charge in [0.15, 0.2) is 5.78 Å². The van der Waals surface area contributed by atoms with Gasteiger partial charge in [0.1, 0.15) is 0 Å². The molecule has 108 valence electrons. The lowest BCUT2D eigenvalue weighted by atomic mass is 9.95. The minimum atomic E-state index is -0.634. The molecule has 0 saturated carbocycles. The van der Waals surface area contributed by atoms with Crippen LogP contribution >= 0.6 is 0 Å². The number of nitrogens with one attached hydrogen (secondary N) is 1. The average molecular weight is 284 g/mol. The zero-order chi connectivity index (χ0) is 15.4. The molecule has 0 bridgehead atoms. The fourth-order valence-electron chi connectivity index (χ4n) is 1.90. The molecule has 2 aliphatic carbocycles. The molecule has 3 rings (SSSR count). The van der Waals surface area contributed by atoms with Gasteiger partial charge >= 0.3 is 0 Å². The molecule has 1 heterocycles. The second-order valence-corrected chi connectivity index (χ2v) is 4.67. The van der Waals surface area contributed by atoms with E-state index < -0.39 is 5.91 Å². The Kier molecular flexibility index (Phi) is 4.35. The van der Waals surface area contributed by atoms with Crippen molar-refractivity contribution in [1.29, 1.82) is 0 Å². The van der Waals surface area contributed by atoms with Crippen molar-refractivity contribution in [2.24, 2.45) is 7.05 Å². The van der Waals surface area contributed by atoms with Crippen LogP contribution in [-0.4, -0.2) is 21.5 Å². The van der Waals surface area contributed by atoms with E-state index in [2.05, 4.69) is 24.3 Å². The van der Waals surface area contributed by atoms with E-state index in [0.717, 1.165) is 6.08 Å². The Labute approximate surface area is 122 Å². The van der Waals surface area contributed by atoms with Gasteiger partial charge in [0.2, 0.25) is 0 Å². The van der Waals surface area contributed by atoms with Crippen LogP contribution in [0, 0.1) is 0 Å². The number of aromatic nitrogens is 1. The highest BCUT2D eigenvalue weighted by atomic mass is 16.5. The van der Waals surface area contributed by atoms with Crippen molar-refractivity contribution in [3.05, 3.63) is 53.9 Å². The van der Waals surface area contributed by atoms with Gasteiger partial charge in [-0.05, 0) is 30.2 Å². The summed E-state index contributed by atoms with van der Waals surface area (Å²) in [5.74, 6) is -0.703. The molecule has 0 aromatic carbocycles. The number of amides is 1. The van der Waals surface area contributed by atoms with Crippen LogP contribution in [0.5, 0.6) is 0 Å². The van der Waals surface area contributed by atoms with Crippen LogP contribution in [0.1, 0.15) is 23.0 Å². The predicted molar refractivity (Wildman–Crippen MR) is 79.8 cm³/mol. The number of hydrogen-bond acceptors (Lipinski definition) is 3. The van der Waals surface area contributed by atoms with Gasteiger partial charge in [-0.15, -0.1) is 0 Å². The first-order chi connectivity index (χ1) is 10.0. The minimum absolute atomic E-state index is 0.0698. The first kappa shape index (κ1) is 14.7. The Morgan fingerprint density at radius 2 is 1.71 bits per heavy atom. The molecule has 1 amide bonds. The molecular formula is C16H16N2O3. The van der Waals surface area contributed by atoms with Crippen molar-refractivity contribution < 1.29 is 14.8 Å². The molecule has 5 nitrogen and oxygen atoms in total. The quantitative estimate of drug-likeness (QED) is 0.336. The molecule has 0 saturated heterocycles. The average Bonchev–Trinajstić information content (AvgIpc) is 2.82. The number of carbonyl (C=O) groups is 2. The lowest BCUT2D eigenvalue weighted by Crippen LogP contribution is -2.15. The fraction of sp³-hybridized carbons (Fsp3) is 0.125. The SMILES string of the molecule is CC(=O)c1ccn(C)c1C=CC(=O)NO.c1cc2ccc1-2. The van der Waals surface area contributed by atoms with Crippen LogP contribution in [-0.2, 0) is 11.8 Å². The molecule has 5 heteroatoms. The number of fused-ring (bicyclic) bond motifs is 1. The zero-order valence-electron chi connectivity index (χ0n) is 11.8. The summed E-state index contributed by atoms with van der Waals surface area (Å²) in [6, 6.07) is 10.2. The lowest BCUT2D eigenvalue weighted by Gasteiger charge is -2.10. The number of ketones is 1. The minimum Gasteiger partial charge on any atom is -0.350 e. The fourth-order valence-corrected chi connectivity index (χ4v) is 1.90. The molecule has 21 heavy (non-hydrogen) atoms. The van der Waals surface area contributed by atoms with Crippen molar-refractivity contribution >= 4 is 17.8 Å². The largest absolute Gasteiger partial charge is 0.350 e. The van der Waals surface area contributed by atoms with Gasteiger partial charge in [-0.2, -0.15) is 0 Å². The standard InChI is InChI=1S/C10H12N2O3.C6H4/c1-7(13)8-5-6-12(2)9(8)3-4-10(14)11-15;1-2-6-4-3-5(1)6/h3-6,15H,1-2H3,(H,11,14);1-4H. The van der Waals surface area contributed by atoms with E-state index in [-0.39, 0.29) is 5.78 Å². The summed E-state index contributed by atoms with van der Waals surface area (Å²) in [4.78, 5) is 22.0. The summed E-state index contributed by atoms with van der Waals surface area (Å²) in [5.41, 5.74) is 5.50. The van der Waals surface area contributed by atoms with Crippen LogP contribution in [0.2, 0.25) is 0 Å². The van der Waals surface area contributed by atoms with Gasteiger partial charge in [0.05, 0.1) is 5.69 Å². The Hall–Kier alpha value is -2.66. The van der Waals surface area contributed by atoms with Gasteiger partial charge < -0.3 is 4.57 Å². The molecular weight excluding hydrogens is 268 g/mol. The van der Waals surface area contributed by atoms with E-state index in [1.54, 1.807) is 23.9 Å². The van der Waals surface area contributed by atoms with Crippen LogP contribution in [0.3, 0.4) is 0 Å². The Morgan fingerprint density at radius 3 is 2.10 bits per heavy atom. The second-order valence-electron chi connectivity index (χ2n) is 4.67. The lowest BCUT2D eigenvalue weighted by molar-refractivity contribution is -0.124. The first-order valence-corrected chi connectivity index (χ1v) is 6.41. The molecule has 0 spiro atoms. The number of carbonyl (C=O) groups excluding carboxylic acids is 2. The molecule has 0 aliphatic heterocycles. The zero-order valence-corrected chi connectivity index (χ0v) is 11.8. The summed E-state index contributed by atoms with van der Waals surface area (Å²) >= 11 is 0. The number of nitrogens with zero attached hydrogens (tertiary/aromatic N) is 1. The Bertz CT molecular complexity index is 676. The van der Waals surface area contributed by atoms with Crippen LogP contribution in [0.4, 0.5) is 0 Å². The Balaban J connectivity index is 0.000000218. The highest BCUT2D eigenvalue weighted by Crippen LogP contribution is 2.29. The normalized spacial score (nSPS) is 10.8. The Morgan fingerprint density at radius 1 is 1.14 bits per heavy atom. The molecule has 2 aliphatic rings. The summed E-state index contributed by atoms with van der Waals surface area (Å²) < 4.78 is 1.72. The van der Waals surface area contributed by atoms with Crippen LogP contribution < -0.4 is 5.48 Å². The van der Waals surface area contributed by atoms with Crippen molar-refractivity contribution in [3.63, 3.8) is 0 Å². The van der Waals surface area contributed by atoms with Gasteiger partial charge in [-0.3, -0.25) is 14.8 Å². The molecule has 2 N–H and O–H groups in total. The summed E-state index contributed by atoms with van der Waals surface area (Å²) in [6.07, 6.45) is 4.36. The summed E-state index contributed by atoms with van der Waals surface area (Å²) in [7, 11) is 1.77. The molecule has 0 atom stereocenters. The van der Waals surface area contributed by atoms with Crippen molar-refractivity contribution in [1.82, 2.24) is 10.0 Å². The van der Waals surface area contributed by atoms with E-state index >= 15 is 0 Å². The van der Waals surface area contributed by atoms with E-state index in [9.17, 15) is 9.59 Å². The van der Waals surface area contributed by atoms with Gasteiger partial charge in [-0.1, -0.05) is 24.3 Å². The number of hydrogen-bond donors (Lipinski definition) is 2. The van der Waals surface area contributed by atoms with E-state index in [1.165, 1.54) is 29.6 Å². The number of hydroxylamine groups is 1. The first-order valence-electron chi connectivity index (χ1n) is 6.41. The molecule has 0 unspecified atom stereocenters. The summed E-state index contributed by atoms with van der Waals surface area (Å²) in [6.45, 7) is 1.46. The third-order valence-electron chi connectivity index (χ3n) is 3.22. The van der Waals surface area contributed by atoms with Crippen molar-refractivity contribution in [2.45, 2.75) is 6.92 Å². The highest BCUT2D eigenvalue weighted by molar-refractivity contribution is 5.99. The van der Waals surface area contributed by atoms with Gasteiger partial charge in [-0.25, -0.2) is 5.48 Å². The third-order valence-corrected chi connectivity index (χ3v) is 3.22. The van der Waals surface area contributed by atoms with Gasteiger partial charge in [0.25, 0.3) is 5.91 Å². The van der Waals surface area contributed by atoms with Crippen molar-refractivity contribution in [3.8, 4) is 11.1 Å². The molecule has 1 aromatic heterocycles. The van der Waals surface area contributed by atoms with E-state index in [1.807, 2.05) is 0 Å². The smallest absolute Gasteiger partial charge is 0.267 e. The molecule has 0 fully saturated rings. The topological polar surface area (TPSA) is 71.3 Å². The van der Waals surface area contributed by atoms with Crippen molar-refractivity contribution in [2.75, 3.05) is 0 Å². The monoisotopic (exact) mass is 284 g/mol. The van der Waals surface area contributed by atoms with Gasteiger partial charge in [0, 0.05) is 24.9 Å². The predicted octanol–water partition coefficient (Wildman–Crippen LogP) is 2.41. The van der Waals surface area contributed by atoms with Crippen LogP contribution in [0.25, 0.3) is 17.2 Å². The maximum atomic E-state index is 11.2. The maximum Gasteiger partial charge on any atom is 0.267 e. The van der Waals surface area contributed by atoms with Crippen LogP contribution in [0.15, 0.2) is 42.6 Å². The van der Waals surface area contributed by atoms with E-state index in [0.29, 0.717) is 11.3 Å². The maximum absolute atomic E-state index is 11.2. The number of rotatable bonds is 3. The number of Topliss-reactive ketones (excluding diaryl/α,β-unsaturated/α-hetero) is 1. The van der Waals surface area contributed by atoms with E-state index in [4.69, 9.17) is 5.21 Å². The number of aryl methyl sites for hydroxylation is 1. The molecule has 1 aromatic rings. The third kappa shape index (κ3) is 3.27. The highest BCUT2D eigenvalue weighted by Gasteiger charge is 2.08.